The second-order valence-corrected chi connectivity index (χ2v) is 3.31. The van der Waals surface area contributed by atoms with Gasteiger partial charge in [-0.05, 0) is 20.8 Å². The second-order valence-electron chi connectivity index (χ2n) is 3.31. The maximum Gasteiger partial charge on any atom is 0.325 e. The molecule has 0 aliphatic rings. The first-order chi connectivity index (χ1) is 4.52. The fraction of sp³-hybridized carbons (Fsp3) is 0.571. The van der Waals surface area contributed by atoms with Crippen LogP contribution in [0.25, 0.3) is 0 Å². The van der Waals surface area contributed by atoms with Gasteiger partial charge < -0.3 is 4.98 Å². The average Bonchev–Trinajstić information content (AvgIpc) is 2.11. The summed E-state index contributed by atoms with van der Waals surface area (Å²) in [6.07, 6.45) is 3.40. The molecule has 56 valence electrons. The molecule has 1 heterocycles. The van der Waals surface area contributed by atoms with Crippen molar-refractivity contribution in [3.05, 3.63) is 22.9 Å². The predicted molar refractivity (Wildman–Crippen MR) is 40.0 cm³/mol. The van der Waals surface area contributed by atoms with Gasteiger partial charge in [-0.3, -0.25) is 4.57 Å². The van der Waals surface area contributed by atoms with Crippen LogP contribution in [0.5, 0.6) is 0 Å². The Kier molecular flexibility index (Phi) is 1.43. The fourth-order valence-corrected chi connectivity index (χ4v) is 0.849. The zero-order valence-corrected chi connectivity index (χ0v) is 6.51. The molecule has 3 nitrogen and oxygen atoms in total. The van der Waals surface area contributed by atoms with Crippen LogP contribution in [0.2, 0.25) is 0 Å². The minimum Gasteiger partial charge on any atom is -0.313 e. The van der Waals surface area contributed by atoms with Crippen LogP contribution in [-0.4, -0.2) is 9.55 Å². The van der Waals surface area contributed by atoms with Gasteiger partial charge in [0.1, 0.15) is 0 Å². The van der Waals surface area contributed by atoms with Gasteiger partial charge in [0, 0.05) is 17.9 Å². The summed E-state index contributed by atoms with van der Waals surface area (Å²) in [5, 5.41) is 0. The number of H-pyrrole nitrogens is 1. The summed E-state index contributed by atoms with van der Waals surface area (Å²) in [5.41, 5.74) is -0.163. The summed E-state index contributed by atoms with van der Waals surface area (Å²) >= 11 is 0. The van der Waals surface area contributed by atoms with Gasteiger partial charge >= 0.3 is 5.69 Å². The zero-order chi connectivity index (χ0) is 7.78. The Balaban J connectivity index is 3.18. The van der Waals surface area contributed by atoms with E-state index >= 15 is 0 Å². The molecule has 0 aromatic carbocycles. The number of rotatable bonds is 0. The molecule has 0 aliphatic carbocycles. The average molecular weight is 140 g/mol. The number of imidazole rings is 1. The van der Waals surface area contributed by atoms with Crippen molar-refractivity contribution in [2.75, 3.05) is 0 Å². The third-order valence-electron chi connectivity index (χ3n) is 1.37. The molecule has 3 heteroatoms. The van der Waals surface area contributed by atoms with Crippen LogP contribution in [0.3, 0.4) is 0 Å². The van der Waals surface area contributed by atoms with Crippen molar-refractivity contribution in [2.24, 2.45) is 0 Å². The first kappa shape index (κ1) is 7.12. The van der Waals surface area contributed by atoms with Gasteiger partial charge in [-0.1, -0.05) is 0 Å². The van der Waals surface area contributed by atoms with Crippen LogP contribution < -0.4 is 5.69 Å². The molecule has 1 aromatic rings. The van der Waals surface area contributed by atoms with Crippen LogP contribution in [0, 0.1) is 0 Å². The van der Waals surface area contributed by atoms with Gasteiger partial charge in [-0.2, -0.15) is 0 Å². The van der Waals surface area contributed by atoms with Crippen molar-refractivity contribution in [2.45, 2.75) is 26.3 Å². The molecule has 0 bridgehead atoms. The molecule has 0 aliphatic heterocycles. The molecule has 0 radical (unpaired) electrons. The molecule has 0 saturated heterocycles. The summed E-state index contributed by atoms with van der Waals surface area (Å²) in [7, 11) is 0. The molecule has 1 aromatic heterocycles. The molecule has 1 N–H and O–H groups in total. The molecule has 0 amide bonds. The minimum atomic E-state index is -0.114. The van der Waals surface area contributed by atoms with Crippen molar-refractivity contribution in [3.8, 4) is 0 Å². The quantitative estimate of drug-likeness (QED) is 0.572. The van der Waals surface area contributed by atoms with E-state index in [0.717, 1.165) is 0 Å². The van der Waals surface area contributed by atoms with E-state index in [-0.39, 0.29) is 11.2 Å². The summed E-state index contributed by atoms with van der Waals surface area (Å²) in [6.45, 7) is 5.96. The third-order valence-corrected chi connectivity index (χ3v) is 1.37. The Morgan fingerprint density at radius 2 is 2.10 bits per heavy atom. The number of nitrogens with one attached hydrogen (secondary N) is 1. The van der Waals surface area contributed by atoms with Crippen LogP contribution in [0.1, 0.15) is 20.8 Å². The number of hydrogen-bond donors (Lipinski definition) is 1. The molecular formula is C7H12N2O. The summed E-state index contributed by atoms with van der Waals surface area (Å²) < 4.78 is 1.66. The van der Waals surface area contributed by atoms with Crippen molar-refractivity contribution in [3.63, 3.8) is 0 Å². The molecule has 0 fully saturated rings. The highest BCUT2D eigenvalue weighted by Crippen LogP contribution is 2.08. The van der Waals surface area contributed by atoms with E-state index in [1.807, 2.05) is 20.8 Å². The van der Waals surface area contributed by atoms with Gasteiger partial charge in [0.05, 0.1) is 0 Å². The molecule has 0 spiro atoms. The Labute approximate surface area is 59.7 Å². The van der Waals surface area contributed by atoms with Crippen LogP contribution >= 0.6 is 0 Å². The SMILES string of the molecule is CC(C)(C)n1cc[nH]c1=O. The standard InChI is InChI=1S/C7H12N2O/c1-7(2,3)9-5-4-8-6(9)10/h4-5H,1-3H3,(H,8,10). The highest BCUT2D eigenvalue weighted by Gasteiger charge is 2.13. The van der Waals surface area contributed by atoms with Crippen molar-refractivity contribution < 1.29 is 0 Å². The predicted octanol–water partition coefficient (Wildman–Crippen LogP) is 0.931. The number of aromatic nitrogens is 2. The number of aromatic amines is 1. The van der Waals surface area contributed by atoms with E-state index in [1.54, 1.807) is 17.0 Å². The van der Waals surface area contributed by atoms with E-state index < -0.39 is 0 Å². The van der Waals surface area contributed by atoms with Crippen LogP contribution in [0.4, 0.5) is 0 Å². The molecule has 0 atom stereocenters. The lowest BCUT2D eigenvalue weighted by Gasteiger charge is -2.18. The number of hydrogen-bond acceptors (Lipinski definition) is 1. The lowest BCUT2D eigenvalue weighted by Crippen LogP contribution is -2.31. The molecule has 10 heavy (non-hydrogen) atoms. The van der Waals surface area contributed by atoms with E-state index in [2.05, 4.69) is 4.98 Å². The van der Waals surface area contributed by atoms with Crippen molar-refractivity contribution >= 4 is 0 Å². The van der Waals surface area contributed by atoms with Crippen LogP contribution in [-0.2, 0) is 5.54 Å². The lowest BCUT2D eigenvalue weighted by molar-refractivity contribution is 0.385. The van der Waals surface area contributed by atoms with Gasteiger partial charge in [0.15, 0.2) is 0 Å². The smallest absolute Gasteiger partial charge is 0.313 e. The Morgan fingerprint density at radius 3 is 2.30 bits per heavy atom. The van der Waals surface area contributed by atoms with Gasteiger partial charge in [-0.15, -0.1) is 0 Å². The molecule has 0 unspecified atom stereocenters. The van der Waals surface area contributed by atoms with Crippen LogP contribution in [0.15, 0.2) is 17.2 Å². The Bertz CT molecular complexity index is 264. The highest BCUT2D eigenvalue weighted by molar-refractivity contribution is 4.83. The molecule has 1 rings (SSSR count). The van der Waals surface area contributed by atoms with E-state index in [9.17, 15) is 4.79 Å². The monoisotopic (exact) mass is 140 g/mol. The summed E-state index contributed by atoms with van der Waals surface area (Å²) in [4.78, 5) is 13.6. The fourth-order valence-electron chi connectivity index (χ4n) is 0.849. The first-order valence-corrected chi connectivity index (χ1v) is 3.28. The largest absolute Gasteiger partial charge is 0.325 e. The summed E-state index contributed by atoms with van der Waals surface area (Å²) in [5.74, 6) is 0. The van der Waals surface area contributed by atoms with Crippen molar-refractivity contribution in [1.29, 1.82) is 0 Å². The maximum atomic E-state index is 11.0. The van der Waals surface area contributed by atoms with E-state index in [1.165, 1.54) is 0 Å². The number of nitrogens with zero attached hydrogens (tertiary/aromatic N) is 1. The Hall–Kier alpha value is -0.990. The normalized spacial score (nSPS) is 11.9. The lowest BCUT2D eigenvalue weighted by atomic mass is 10.1. The summed E-state index contributed by atoms with van der Waals surface area (Å²) in [6, 6.07) is 0. The Morgan fingerprint density at radius 1 is 1.50 bits per heavy atom. The molecule has 0 saturated carbocycles. The zero-order valence-electron chi connectivity index (χ0n) is 6.51. The topological polar surface area (TPSA) is 37.8 Å². The third kappa shape index (κ3) is 1.12. The minimum absolute atomic E-state index is 0.0486. The maximum absolute atomic E-state index is 11.0. The second kappa shape index (κ2) is 2.01. The van der Waals surface area contributed by atoms with Gasteiger partial charge in [0.2, 0.25) is 0 Å². The van der Waals surface area contributed by atoms with Gasteiger partial charge in [-0.25, -0.2) is 4.79 Å². The van der Waals surface area contributed by atoms with E-state index in [4.69, 9.17) is 0 Å². The van der Waals surface area contributed by atoms with Gasteiger partial charge in [0.25, 0.3) is 0 Å². The molecular weight excluding hydrogens is 128 g/mol. The van der Waals surface area contributed by atoms with Crippen molar-refractivity contribution in [1.82, 2.24) is 9.55 Å². The van der Waals surface area contributed by atoms with E-state index in [0.29, 0.717) is 0 Å². The first-order valence-electron chi connectivity index (χ1n) is 3.28. The highest BCUT2D eigenvalue weighted by atomic mass is 16.1.